The Kier molecular flexibility index (Phi) is 3.26. The number of hydrogen-bond acceptors (Lipinski definition) is 5. The van der Waals surface area contributed by atoms with Crippen LogP contribution < -0.4 is 16.2 Å². The van der Waals surface area contributed by atoms with Crippen molar-refractivity contribution in [1.29, 1.82) is 0 Å². The van der Waals surface area contributed by atoms with Gasteiger partial charge in [-0.3, -0.25) is 0 Å². The van der Waals surface area contributed by atoms with Crippen molar-refractivity contribution in [2.45, 2.75) is 12.5 Å². The summed E-state index contributed by atoms with van der Waals surface area (Å²) in [5.41, 5.74) is 13.5. The lowest BCUT2D eigenvalue weighted by Crippen LogP contribution is -2.24. The predicted octanol–water partition coefficient (Wildman–Crippen LogP) is 1.60. The molecule has 0 radical (unpaired) electrons. The van der Waals surface area contributed by atoms with Gasteiger partial charge in [-0.1, -0.05) is 0 Å². The quantitative estimate of drug-likeness (QED) is 0.607. The number of fused-ring (bicyclic) bond motifs is 1. The van der Waals surface area contributed by atoms with Crippen molar-refractivity contribution >= 4 is 27.6 Å². The van der Waals surface area contributed by atoms with Crippen LogP contribution in [0.4, 0.5) is 5.69 Å². The SMILES string of the molecule is COC(=O)c1cc(Br)c(N)c2c1OCC[C@H]2N. The maximum atomic E-state index is 11.7. The first-order chi connectivity index (χ1) is 8.06. The van der Waals surface area contributed by atoms with Crippen molar-refractivity contribution in [3.8, 4) is 5.75 Å². The molecule has 5 nitrogen and oxygen atoms in total. The van der Waals surface area contributed by atoms with E-state index >= 15 is 0 Å². The lowest BCUT2D eigenvalue weighted by atomic mass is 9.96. The Morgan fingerprint density at radius 2 is 2.35 bits per heavy atom. The molecular formula is C11H13BrN2O3. The number of ether oxygens (including phenoxy) is 2. The van der Waals surface area contributed by atoms with E-state index in [0.717, 1.165) is 0 Å². The van der Waals surface area contributed by atoms with Crippen molar-refractivity contribution in [2.75, 3.05) is 19.5 Å². The molecule has 1 atom stereocenters. The van der Waals surface area contributed by atoms with Crippen LogP contribution in [0.2, 0.25) is 0 Å². The van der Waals surface area contributed by atoms with E-state index in [0.29, 0.717) is 40.1 Å². The molecule has 1 aliphatic heterocycles. The van der Waals surface area contributed by atoms with Crippen LogP contribution in [-0.4, -0.2) is 19.7 Å². The lowest BCUT2D eigenvalue weighted by molar-refractivity contribution is 0.0594. The first-order valence-corrected chi connectivity index (χ1v) is 5.94. The number of rotatable bonds is 1. The fraction of sp³-hybridized carbons (Fsp3) is 0.364. The van der Waals surface area contributed by atoms with Crippen LogP contribution >= 0.6 is 15.9 Å². The molecule has 17 heavy (non-hydrogen) atoms. The lowest BCUT2D eigenvalue weighted by Gasteiger charge is -2.26. The number of halogens is 1. The van der Waals surface area contributed by atoms with Crippen molar-refractivity contribution in [3.05, 3.63) is 21.7 Å². The molecule has 0 saturated heterocycles. The molecule has 4 N–H and O–H groups in total. The molecule has 0 aliphatic carbocycles. The van der Waals surface area contributed by atoms with Crippen LogP contribution in [-0.2, 0) is 4.74 Å². The van der Waals surface area contributed by atoms with Crippen LogP contribution in [0.3, 0.4) is 0 Å². The molecule has 0 aromatic heterocycles. The van der Waals surface area contributed by atoms with Crippen molar-refractivity contribution in [2.24, 2.45) is 5.73 Å². The molecule has 92 valence electrons. The minimum Gasteiger partial charge on any atom is -0.492 e. The van der Waals surface area contributed by atoms with E-state index in [4.69, 9.17) is 20.9 Å². The van der Waals surface area contributed by atoms with Gasteiger partial charge in [0, 0.05) is 22.5 Å². The number of hydrogen-bond donors (Lipinski definition) is 2. The number of anilines is 1. The topological polar surface area (TPSA) is 87.6 Å². The van der Waals surface area contributed by atoms with Crippen LogP contribution in [0, 0.1) is 0 Å². The average Bonchev–Trinajstić information content (AvgIpc) is 2.32. The second-order valence-corrected chi connectivity index (χ2v) is 4.65. The normalized spacial score (nSPS) is 18.2. The number of carbonyl (C=O) groups is 1. The molecule has 1 aromatic carbocycles. The summed E-state index contributed by atoms with van der Waals surface area (Å²) in [6.45, 7) is 0.471. The Balaban J connectivity index is 2.67. The maximum Gasteiger partial charge on any atom is 0.341 e. The molecule has 0 saturated carbocycles. The van der Waals surface area contributed by atoms with Gasteiger partial charge in [0.25, 0.3) is 0 Å². The first kappa shape index (κ1) is 12.2. The van der Waals surface area contributed by atoms with Crippen LogP contribution in [0.15, 0.2) is 10.5 Å². The van der Waals surface area contributed by atoms with E-state index in [1.165, 1.54) is 7.11 Å². The van der Waals surface area contributed by atoms with Gasteiger partial charge in [-0.25, -0.2) is 4.79 Å². The third kappa shape index (κ3) is 1.98. The second-order valence-electron chi connectivity index (χ2n) is 3.80. The number of carbonyl (C=O) groups excluding carboxylic acids is 1. The molecule has 1 aromatic rings. The third-order valence-electron chi connectivity index (χ3n) is 2.76. The van der Waals surface area contributed by atoms with E-state index in [9.17, 15) is 4.79 Å². The Bertz CT molecular complexity index is 476. The van der Waals surface area contributed by atoms with Gasteiger partial charge in [0.05, 0.1) is 19.4 Å². The van der Waals surface area contributed by atoms with Gasteiger partial charge in [-0.15, -0.1) is 0 Å². The Labute approximate surface area is 107 Å². The first-order valence-electron chi connectivity index (χ1n) is 5.14. The third-order valence-corrected chi connectivity index (χ3v) is 3.42. The summed E-state index contributed by atoms with van der Waals surface area (Å²) >= 11 is 3.31. The standard InChI is InChI=1S/C11H13BrN2O3/c1-16-11(15)5-4-6(12)9(14)8-7(13)2-3-17-10(5)8/h4,7H,2-3,13-14H2,1H3/t7-/m1/s1. The van der Waals surface area contributed by atoms with Gasteiger partial charge in [-0.2, -0.15) is 0 Å². The summed E-state index contributed by atoms with van der Waals surface area (Å²) in [6, 6.07) is 1.37. The zero-order chi connectivity index (χ0) is 12.6. The fourth-order valence-corrected chi connectivity index (χ4v) is 2.33. The Morgan fingerprint density at radius 3 is 3.00 bits per heavy atom. The molecule has 0 unspecified atom stereocenters. The van der Waals surface area contributed by atoms with E-state index < -0.39 is 5.97 Å². The zero-order valence-electron chi connectivity index (χ0n) is 9.33. The van der Waals surface area contributed by atoms with E-state index in [2.05, 4.69) is 15.9 Å². The van der Waals surface area contributed by atoms with Crippen LogP contribution in [0.1, 0.15) is 28.4 Å². The van der Waals surface area contributed by atoms with E-state index in [1.807, 2.05) is 0 Å². The second kappa shape index (κ2) is 4.54. The van der Waals surface area contributed by atoms with Gasteiger partial charge >= 0.3 is 5.97 Å². The molecular weight excluding hydrogens is 288 g/mol. The highest BCUT2D eigenvalue weighted by Crippen LogP contribution is 2.41. The summed E-state index contributed by atoms with van der Waals surface area (Å²) < 4.78 is 10.8. The minimum absolute atomic E-state index is 0.223. The van der Waals surface area contributed by atoms with Crippen molar-refractivity contribution in [3.63, 3.8) is 0 Å². The highest BCUT2D eigenvalue weighted by Gasteiger charge is 2.28. The van der Waals surface area contributed by atoms with Gasteiger partial charge < -0.3 is 20.9 Å². The maximum absolute atomic E-state index is 11.7. The van der Waals surface area contributed by atoms with Crippen LogP contribution in [0.5, 0.6) is 5.75 Å². The number of esters is 1. The molecule has 1 aliphatic rings. The zero-order valence-corrected chi connectivity index (χ0v) is 10.9. The van der Waals surface area contributed by atoms with Gasteiger partial charge in [-0.05, 0) is 22.0 Å². The molecule has 0 spiro atoms. The summed E-state index contributed by atoms with van der Waals surface area (Å²) in [5.74, 6) is -0.0210. The summed E-state index contributed by atoms with van der Waals surface area (Å²) in [6.07, 6.45) is 0.675. The van der Waals surface area contributed by atoms with Gasteiger partial charge in [0.15, 0.2) is 0 Å². The molecule has 2 rings (SSSR count). The highest BCUT2D eigenvalue weighted by atomic mass is 79.9. The molecule has 0 fully saturated rings. The molecule has 1 heterocycles. The molecule has 6 heteroatoms. The monoisotopic (exact) mass is 300 g/mol. The Morgan fingerprint density at radius 1 is 1.65 bits per heavy atom. The molecule has 0 bridgehead atoms. The minimum atomic E-state index is -0.462. The van der Waals surface area contributed by atoms with Crippen LogP contribution in [0.25, 0.3) is 0 Å². The summed E-state index contributed by atoms with van der Waals surface area (Å²) in [7, 11) is 1.32. The Hall–Kier alpha value is -1.27. The highest BCUT2D eigenvalue weighted by molar-refractivity contribution is 9.10. The predicted molar refractivity (Wildman–Crippen MR) is 66.9 cm³/mol. The molecule has 0 amide bonds. The number of benzene rings is 1. The number of nitrogens with two attached hydrogens (primary N) is 2. The smallest absolute Gasteiger partial charge is 0.341 e. The largest absolute Gasteiger partial charge is 0.492 e. The van der Waals surface area contributed by atoms with Gasteiger partial charge in [0.2, 0.25) is 0 Å². The number of nitrogen functional groups attached to an aromatic ring is 1. The van der Waals surface area contributed by atoms with Crippen molar-refractivity contribution in [1.82, 2.24) is 0 Å². The van der Waals surface area contributed by atoms with E-state index in [1.54, 1.807) is 6.07 Å². The van der Waals surface area contributed by atoms with Crippen molar-refractivity contribution < 1.29 is 14.3 Å². The van der Waals surface area contributed by atoms with Gasteiger partial charge in [0.1, 0.15) is 11.3 Å². The summed E-state index contributed by atoms with van der Waals surface area (Å²) in [4.78, 5) is 11.7. The number of methoxy groups -OCH3 is 1. The van der Waals surface area contributed by atoms with E-state index in [-0.39, 0.29) is 6.04 Å². The fourth-order valence-electron chi connectivity index (χ4n) is 1.88. The summed E-state index contributed by atoms with van der Waals surface area (Å²) in [5, 5.41) is 0. The average molecular weight is 301 g/mol.